The summed E-state index contributed by atoms with van der Waals surface area (Å²) in [5, 5.41) is 2.20. The summed E-state index contributed by atoms with van der Waals surface area (Å²) < 4.78 is 0. The minimum atomic E-state index is 0.529. The summed E-state index contributed by atoms with van der Waals surface area (Å²) in [5.74, 6) is 1.69. The first-order chi connectivity index (χ1) is 10.8. The normalized spacial score (nSPS) is 19.8. The molecule has 0 saturated carbocycles. The van der Waals surface area contributed by atoms with E-state index in [1.165, 1.54) is 29.8 Å². The number of aromatic amines is 1. The average Bonchev–Trinajstić information content (AvgIpc) is 3.14. The average molecular weight is 311 g/mol. The van der Waals surface area contributed by atoms with Crippen molar-refractivity contribution in [2.24, 2.45) is 0 Å². The maximum atomic E-state index is 4.81. The standard InChI is InChI=1S/C18H21N3S/c1-13-8-10-22-17(13)12-21-9-4-5-14(11-21)18-19-15-6-2-3-7-16(15)20-18/h2-3,6-8,10,14H,4-5,9,11-12H2,1H3,(H,19,20). The second-order valence-corrected chi connectivity index (χ2v) is 7.24. The van der Waals surface area contributed by atoms with E-state index in [1.54, 1.807) is 0 Å². The molecule has 4 heteroatoms. The Balaban J connectivity index is 1.51. The van der Waals surface area contributed by atoms with Crippen LogP contribution < -0.4 is 0 Å². The number of nitrogens with zero attached hydrogens (tertiary/aromatic N) is 2. The summed E-state index contributed by atoms with van der Waals surface area (Å²) in [6.45, 7) is 5.61. The molecule has 1 N–H and O–H groups in total. The smallest absolute Gasteiger partial charge is 0.111 e. The van der Waals surface area contributed by atoms with E-state index in [0.717, 1.165) is 29.9 Å². The van der Waals surface area contributed by atoms with Gasteiger partial charge in [0.15, 0.2) is 0 Å². The van der Waals surface area contributed by atoms with Gasteiger partial charge in [-0.05, 0) is 55.5 Å². The Kier molecular flexibility index (Phi) is 3.72. The lowest BCUT2D eigenvalue weighted by molar-refractivity contribution is 0.198. The van der Waals surface area contributed by atoms with Gasteiger partial charge in [0.05, 0.1) is 11.0 Å². The molecule has 1 atom stereocenters. The van der Waals surface area contributed by atoms with Crippen LogP contribution in [0.25, 0.3) is 11.0 Å². The zero-order valence-corrected chi connectivity index (χ0v) is 13.7. The van der Waals surface area contributed by atoms with Gasteiger partial charge in [-0.25, -0.2) is 4.98 Å². The number of nitrogens with one attached hydrogen (secondary N) is 1. The van der Waals surface area contributed by atoms with Gasteiger partial charge in [-0.1, -0.05) is 12.1 Å². The molecule has 1 saturated heterocycles. The predicted octanol–water partition coefficient (Wildman–Crippen LogP) is 4.31. The van der Waals surface area contributed by atoms with E-state index in [1.807, 2.05) is 11.3 Å². The minimum Gasteiger partial charge on any atom is -0.342 e. The molecule has 3 aromatic rings. The van der Waals surface area contributed by atoms with Gasteiger partial charge >= 0.3 is 0 Å². The number of hydrogen-bond donors (Lipinski definition) is 1. The third kappa shape index (κ3) is 2.69. The van der Waals surface area contributed by atoms with Gasteiger partial charge in [0.1, 0.15) is 5.82 Å². The van der Waals surface area contributed by atoms with Crippen LogP contribution in [0.15, 0.2) is 35.7 Å². The highest BCUT2D eigenvalue weighted by Crippen LogP contribution is 2.28. The van der Waals surface area contributed by atoms with E-state index in [0.29, 0.717) is 5.92 Å². The van der Waals surface area contributed by atoms with Crippen LogP contribution in [0.5, 0.6) is 0 Å². The lowest BCUT2D eigenvalue weighted by atomic mass is 9.97. The van der Waals surface area contributed by atoms with Gasteiger partial charge in [-0.3, -0.25) is 4.90 Å². The molecule has 1 unspecified atom stereocenters. The number of hydrogen-bond acceptors (Lipinski definition) is 3. The van der Waals surface area contributed by atoms with E-state index in [2.05, 4.69) is 52.5 Å². The van der Waals surface area contributed by atoms with Gasteiger partial charge in [-0.2, -0.15) is 0 Å². The maximum absolute atomic E-state index is 4.81. The van der Waals surface area contributed by atoms with E-state index in [4.69, 9.17) is 4.98 Å². The number of rotatable bonds is 3. The SMILES string of the molecule is Cc1ccsc1CN1CCCC(c2nc3ccccc3[nH]2)C1. The number of aromatic nitrogens is 2. The van der Waals surface area contributed by atoms with Crippen LogP contribution in [0.2, 0.25) is 0 Å². The molecule has 4 rings (SSSR count). The zero-order chi connectivity index (χ0) is 14.9. The Hall–Kier alpha value is -1.65. The molecule has 1 aromatic carbocycles. The van der Waals surface area contributed by atoms with Gasteiger partial charge in [0, 0.05) is 23.9 Å². The van der Waals surface area contributed by atoms with Gasteiger partial charge in [-0.15, -0.1) is 11.3 Å². The van der Waals surface area contributed by atoms with Crippen molar-refractivity contribution < 1.29 is 0 Å². The summed E-state index contributed by atoms with van der Waals surface area (Å²) >= 11 is 1.88. The minimum absolute atomic E-state index is 0.529. The fourth-order valence-corrected chi connectivity index (χ4v) is 4.30. The third-order valence-electron chi connectivity index (χ3n) is 4.64. The summed E-state index contributed by atoms with van der Waals surface area (Å²) in [6.07, 6.45) is 2.49. The Bertz CT molecular complexity index is 740. The molecular weight excluding hydrogens is 290 g/mol. The summed E-state index contributed by atoms with van der Waals surface area (Å²) in [5.41, 5.74) is 3.67. The number of likely N-dealkylation sites (tertiary alicyclic amines) is 1. The molecule has 0 bridgehead atoms. The second-order valence-electron chi connectivity index (χ2n) is 6.24. The van der Waals surface area contributed by atoms with Crippen LogP contribution in [0, 0.1) is 6.92 Å². The first-order valence-electron chi connectivity index (χ1n) is 7.99. The van der Waals surface area contributed by atoms with Crippen LogP contribution in [0.4, 0.5) is 0 Å². The van der Waals surface area contributed by atoms with Gasteiger partial charge in [0.2, 0.25) is 0 Å². The Morgan fingerprint density at radius 3 is 3.05 bits per heavy atom. The van der Waals surface area contributed by atoms with Crippen molar-refractivity contribution in [3.63, 3.8) is 0 Å². The predicted molar refractivity (Wildman–Crippen MR) is 92.4 cm³/mol. The molecule has 2 aromatic heterocycles. The topological polar surface area (TPSA) is 31.9 Å². The maximum Gasteiger partial charge on any atom is 0.111 e. The van der Waals surface area contributed by atoms with Crippen molar-refractivity contribution in [1.82, 2.24) is 14.9 Å². The van der Waals surface area contributed by atoms with Crippen molar-refractivity contribution in [3.8, 4) is 0 Å². The Morgan fingerprint density at radius 1 is 1.32 bits per heavy atom. The fraction of sp³-hybridized carbons (Fsp3) is 0.389. The zero-order valence-electron chi connectivity index (χ0n) is 12.9. The highest BCUT2D eigenvalue weighted by molar-refractivity contribution is 7.10. The summed E-state index contributed by atoms with van der Waals surface area (Å²) in [7, 11) is 0. The monoisotopic (exact) mass is 311 g/mol. The number of piperidine rings is 1. The lowest BCUT2D eigenvalue weighted by Gasteiger charge is -2.31. The van der Waals surface area contributed by atoms with Crippen LogP contribution in [0.1, 0.15) is 35.0 Å². The number of thiophene rings is 1. The molecule has 1 aliphatic heterocycles. The molecule has 3 nitrogen and oxygen atoms in total. The highest BCUT2D eigenvalue weighted by Gasteiger charge is 2.24. The van der Waals surface area contributed by atoms with E-state index < -0.39 is 0 Å². The second kappa shape index (κ2) is 5.86. The first kappa shape index (κ1) is 14.0. The molecule has 3 heterocycles. The Morgan fingerprint density at radius 2 is 2.23 bits per heavy atom. The van der Waals surface area contributed by atoms with Crippen LogP contribution in [-0.4, -0.2) is 28.0 Å². The molecule has 1 fully saturated rings. The number of benzene rings is 1. The molecule has 0 aliphatic carbocycles. The largest absolute Gasteiger partial charge is 0.342 e. The fourth-order valence-electron chi connectivity index (χ4n) is 3.36. The summed E-state index contributed by atoms with van der Waals surface area (Å²) in [6, 6.07) is 10.5. The number of H-pyrrole nitrogens is 1. The molecule has 1 aliphatic rings. The molecule has 0 radical (unpaired) electrons. The van der Waals surface area contributed by atoms with Crippen molar-refractivity contribution in [2.45, 2.75) is 32.2 Å². The molecule has 22 heavy (non-hydrogen) atoms. The van der Waals surface area contributed by atoms with Crippen molar-refractivity contribution in [1.29, 1.82) is 0 Å². The van der Waals surface area contributed by atoms with Crippen LogP contribution in [0.3, 0.4) is 0 Å². The highest BCUT2D eigenvalue weighted by atomic mass is 32.1. The molecule has 0 spiro atoms. The van der Waals surface area contributed by atoms with Gasteiger partial charge in [0.25, 0.3) is 0 Å². The number of aryl methyl sites for hydroxylation is 1. The number of fused-ring (bicyclic) bond motifs is 1. The van der Waals surface area contributed by atoms with Crippen molar-refractivity contribution >= 4 is 22.4 Å². The van der Waals surface area contributed by atoms with E-state index in [-0.39, 0.29) is 0 Å². The number of imidazole rings is 1. The lowest BCUT2D eigenvalue weighted by Crippen LogP contribution is -2.34. The molecular formula is C18H21N3S. The van der Waals surface area contributed by atoms with Crippen LogP contribution in [-0.2, 0) is 6.54 Å². The third-order valence-corrected chi connectivity index (χ3v) is 5.64. The van der Waals surface area contributed by atoms with E-state index in [9.17, 15) is 0 Å². The van der Waals surface area contributed by atoms with Crippen LogP contribution >= 0.6 is 11.3 Å². The first-order valence-corrected chi connectivity index (χ1v) is 8.87. The Labute approximate surface area is 135 Å². The molecule has 0 amide bonds. The number of para-hydroxylation sites is 2. The van der Waals surface area contributed by atoms with Crippen molar-refractivity contribution in [2.75, 3.05) is 13.1 Å². The van der Waals surface area contributed by atoms with E-state index >= 15 is 0 Å². The molecule has 114 valence electrons. The quantitative estimate of drug-likeness (QED) is 0.781. The van der Waals surface area contributed by atoms with Gasteiger partial charge < -0.3 is 4.98 Å². The van der Waals surface area contributed by atoms with Crippen molar-refractivity contribution in [3.05, 3.63) is 52.0 Å². The summed E-state index contributed by atoms with van der Waals surface area (Å²) in [4.78, 5) is 12.4.